The highest BCUT2D eigenvalue weighted by molar-refractivity contribution is 9.11. The average Bonchev–Trinajstić information content (AvgIpc) is 3.19. The van der Waals surface area contributed by atoms with Crippen molar-refractivity contribution in [2.45, 2.75) is 33.7 Å². The van der Waals surface area contributed by atoms with E-state index >= 15 is 0 Å². The molecule has 206 valence electrons. The summed E-state index contributed by atoms with van der Waals surface area (Å²) in [6, 6.07) is 8.40. The van der Waals surface area contributed by atoms with E-state index < -0.39 is 12.0 Å². The Morgan fingerprint density at radius 1 is 1.05 bits per heavy atom. The number of carbonyl (C=O) groups excluding carboxylic acids is 1. The Balaban J connectivity index is 1.94. The molecule has 0 aliphatic carbocycles. The molecule has 0 saturated carbocycles. The second-order valence-corrected chi connectivity index (χ2v) is 11.1. The van der Waals surface area contributed by atoms with Crippen LogP contribution < -0.4 is 29.1 Å². The lowest BCUT2D eigenvalue weighted by atomic mass is 9.95. The number of benzene rings is 2. The SMILES string of the molecule is CCOC(=O)C1=C(C)N=c2s/c(=C\c3cc(Br)c(OCC)c(Br)c3)c(=O)n2[C@H]1c1ccc(OC)c(OCC)c1. The average molecular weight is 680 g/mol. The molecule has 0 amide bonds. The highest BCUT2D eigenvalue weighted by Crippen LogP contribution is 2.37. The molecule has 1 atom stereocenters. The molecular weight excluding hydrogens is 652 g/mol. The first-order valence-electron chi connectivity index (χ1n) is 12.4. The summed E-state index contributed by atoms with van der Waals surface area (Å²) in [5.41, 5.74) is 1.99. The zero-order valence-corrected chi connectivity index (χ0v) is 26.2. The fourth-order valence-corrected chi connectivity index (χ4v) is 6.83. The van der Waals surface area contributed by atoms with E-state index in [0.29, 0.717) is 56.6 Å². The Bertz CT molecular complexity index is 1600. The number of hydrogen-bond acceptors (Lipinski definition) is 8. The summed E-state index contributed by atoms with van der Waals surface area (Å²) >= 11 is 8.36. The van der Waals surface area contributed by atoms with Crippen LogP contribution in [0, 0.1) is 0 Å². The Morgan fingerprint density at radius 3 is 2.36 bits per heavy atom. The third-order valence-electron chi connectivity index (χ3n) is 5.93. The third-order valence-corrected chi connectivity index (χ3v) is 8.09. The van der Waals surface area contributed by atoms with Gasteiger partial charge in [0, 0.05) is 0 Å². The molecule has 0 saturated heterocycles. The van der Waals surface area contributed by atoms with Crippen LogP contribution >= 0.6 is 43.2 Å². The minimum atomic E-state index is -0.758. The summed E-state index contributed by atoms with van der Waals surface area (Å²) in [6.45, 7) is 8.43. The van der Waals surface area contributed by atoms with Crippen LogP contribution in [0.1, 0.15) is 44.9 Å². The number of carbonyl (C=O) groups is 1. The minimum absolute atomic E-state index is 0.195. The number of nitrogens with zero attached hydrogens (tertiary/aromatic N) is 2. The molecule has 0 radical (unpaired) electrons. The van der Waals surface area contributed by atoms with Crippen molar-refractivity contribution in [2.24, 2.45) is 4.99 Å². The summed E-state index contributed by atoms with van der Waals surface area (Å²) in [7, 11) is 1.56. The van der Waals surface area contributed by atoms with Gasteiger partial charge in [0.1, 0.15) is 5.75 Å². The topological polar surface area (TPSA) is 88.4 Å². The maximum atomic E-state index is 13.9. The van der Waals surface area contributed by atoms with Gasteiger partial charge in [-0.05, 0) is 101 Å². The molecule has 39 heavy (non-hydrogen) atoms. The molecule has 2 aromatic carbocycles. The lowest BCUT2D eigenvalue weighted by Gasteiger charge is -2.25. The first-order chi connectivity index (χ1) is 18.7. The lowest BCUT2D eigenvalue weighted by molar-refractivity contribution is -0.139. The van der Waals surface area contributed by atoms with Crippen molar-refractivity contribution in [3.05, 3.63) is 81.4 Å². The maximum absolute atomic E-state index is 13.9. The van der Waals surface area contributed by atoms with Gasteiger partial charge in [0.05, 0.1) is 57.7 Å². The number of aromatic nitrogens is 1. The molecule has 0 N–H and O–H groups in total. The molecular formula is C28H28Br2N2O6S. The number of methoxy groups -OCH3 is 1. The van der Waals surface area contributed by atoms with E-state index in [4.69, 9.17) is 18.9 Å². The van der Waals surface area contributed by atoms with Crippen LogP contribution in [0.3, 0.4) is 0 Å². The smallest absolute Gasteiger partial charge is 0.338 e. The van der Waals surface area contributed by atoms with E-state index in [2.05, 4.69) is 36.9 Å². The van der Waals surface area contributed by atoms with Crippen LogP contribution in [0.15, 0.2) is 60.3 Å². The lowest BCUT2D eigenvalue weighted by Crippen LogP contribution is -2.40. The number of fused-ring (bicyclic) bond motifs is 1. The summed E-state index contributed by atoms with van der Waals surface area (Å²) in [4.78, 5) is 32.2. The van der Waals surface area contributed by atoms with Gasteiger partial charge in [0.25, 0.3) is 5.56 Å². The summed E-state index contributed by atoms with van der Waals surface area (Å²) < 4.78 is 25.8. The first-order valence-corrected chi connectivity index (χ1v) is 14.8. The standard InChI is InChI=1S/C28H28Br2N2O6S/c1-6-36-21-14-17(9-10-20(21)35-5)24-23(27(34)38-8-3)15(4)31-28-32(24)26(33)22(39-28)13-16-11-18(29)25(37-7-2)19(30)12-16/h9-14,24H,6-8H2,1-5H3/b22-13-/t24-/m0/s1. The molecule has 0 bridgehead atoms. The van der Waals surface area contributed by atoms with Gasteiger partial charge < -0.3 is 18.9 Å². The zero-order valence-electron chi connectivity index (χ0n) is 22.2. The number of thiazole rings is 1. The molecule has 0 unspecified atom stereocenters. The largest absolute Gasteiger partial charge is 0.493 e. The number of rotatable bonds is 9. The summed E-state index contributed by atoms with van der Waals surface area (Å²) in [5, 5.41) is 0. The maximum Gasteiger partial charge on any atom is 0.338 e. The minimum Gasteiger partial charge on any atom is -0.493 e. The molecule has 11 heteroatoms. The fraction of sp³-hybridized carbons (Fsp3) is 0.321. The number of allylic oxidation sites excluding steroid dienone is 1. The van der Waals surface area contributed by atoms with Gasteiger partial charge in [-0.25, -0.2) is 9.79 Å². The van der Waals surface area contributed by atoms with Crippen molar-refractivity contribution in [3.63, 3.8) is 0 Å². The van der Waals surface area contributed by atoms with Gasteiger partial charge in [-0.15, -0.1) is 0 Å². The first kappa shape index (κ1) is 29.1. The Kier molecular flexibility index (Phi) is 9.35. The van der Waals surface area contributed by atoms with Crippen LogP contribution in [-0.2, 0) is 9.53 Å². The van der Waals surface area contributed by atoms with E-state index in [-0.39, 0.29) is 12.2 Å². The van der Waals surface area contributed by atoms with Crippen LogP contribution in [0.5, 0.6) is 17.2 Å². The number of esters is 1. The third kappa shape index (κ3) is 5.85. The van der Waals surface area contributed by atoms with Crippen molar-refractivity contribution < 1.29 is 23.7 Å². The quantitative estimate of drug-likeness (QED) is 0.292. The van der Waals surface area contributed by atoms with E-state index in [1.807, 2.05) is 32.0 Å². The van der Waals surface area contributed by atoms with Crippen LogP contribution in [0.4, 0.5) is 0 Å². The second kappa shape index (κ2) is 12.5. The van der Waals surface area contributed by atoms with E-state index in [1.165, 1.54) is 11.3 Å². The second-order valence-electron chi connectivity index (χ2n) is 8.39. The van der Waals surface area contributed by atoms with Crippen LogP contribution in [-0.4, -0.2) is 37.5 Å². The van der Waals surface area contributed by atoms with E-state index in [9.17, 15) is 9.59 Å². The van der Waals surface area contributed by atoms with Crippen molar-refractivity contribution >= 4 is 55.2 Å². The van der Waals surface area contributed by atoms with Crippen molar-refractivity contribution in [2.75, 3.05) is 26.9 Å². The van der Waals surface area contributed by atoms with E-state index in [1.54, 1.807) is 43.7 Å². The van der Waals surface area contributed by atoms with E-state index in [0.717, 1.165) is 14.5 Å². The van der Waals surface area contributed by atoms with Crippen molar-refractivity contribution in [1.82, 2.24) is 4.57 Å². The van der Waals surface area contributed by atoms with Gasteiger partial charge in [0.2, 0.25) is 0 Å². The monoisotopic (exact) mass is 678 g/mol. The molecule has 1 aliphatic rings. The van der Waals surface area contributed by atoms with Crippen LogP contribution in [0.25, 0.3) is 6.08 Å². The van der Waals surface area contributed by atoms with Gasteiger partial charge >= 0.3 is 5.97 Å². The van der Waals surface area contributed by atoms with Gasteiger partial charge in [0.15, 0.2) is 16.3 Å². The molecule has 3 aromatic rings. The summed E-state index contributed by atoms with van der Waals surface area (Å²) in [6.07, 6.45) is 1.80. The Labute approximate surface area is 246 Å². The number of ether oxygens (including phenoxy) is 4. The highest BCUT2D eigenvalue weighted by atomic mass is 79.9. The Hall–Kier alpha value is -2.89. The highest BCUT2D eigenvalue weighted by Gasteiger charge is 2.34. The molecule has 1 aliphatic heterocycles. The summed E-state index contributed by atoms with van der Waals surface area (Å²) in [5.74, 6) is 1.24. The van der Waals surface area contributed by atoms with Crippen molar-refractivity contribution in [1.29, 1.82) is 0 Å². The van der Waals surface area contributed by atoms with Gasteiger partial charge in [-0.3, -0.25) is 9.36 Å². The number of halogens is 2. The predicted octanol–water partition coefficient (Wildman–Crippen LogP) is 5.13. The normalized spacial score (nSPS) is 15.1. The molecule has 4 rings (SSSR count). The zero-order chi connectivity index (χ0) is 28.3. The van der Waals surface area contributed by atoms with Gasteiger partial charge in [-0.1, -0.05) is 17.4 Å². The van der Waals surface area contributed by atoms with Crippen molar-refractivity contribution in [3.8, 4) is 17.2 Å². The molecule has 0 spiro atoms. The number of hydrogen-bond donors (Lipinski definition) is 0. The van der Waals surface area contributed by atoms with Gasteiger partial charge in [-0.2, -0.15) is 0 Å². The fourth-order valence-electron chi connectivity index (χ4n) is 4.34. The molecule has 2 heterocycles. The molecule has 0 fully saturated rings. The molecule has 1 aromatic heterocycles. The predicted molar refractivity (Wildman–Crippen MR) is 158 cm³/mol. The van der Waals surface area contributed by atoms with Crippen LogP contribution in [0.2, 0.25) is 0 Å². The molecule has 8 nitrogen and oxygen atoms in total. The Morgan fingerprint density at radius 2 is 1.74 bits per heavy atom.